The van der Waals surface area contributed by atoms with Gasteiger partial charge in [0.1, 0.15) is 16.4 Å². The van der Waals surface area contributed by atoms with E-state index in [-0.39, 0.29) is 10.8 Å². The zero-order valence-corrected chi connectivity index (χ0v) is 12.4. The molecule has 6 heteroatoms. The van der Waals surface area contributed by atoms with E-state index in [9.17, 15) is 8.42 Å². The number of halogens is 1. The maximum absolute atomic E-state index is 12.5. The Kier molecular flexibility index (Phi) is 3.76. The van der Waals surface area contributed by atoms with Gasteiger partial charge in [0.2, 0.25) is 10.0 Å². The molecule has 0 bridgehead atoms. The first-order chi connectivity index (χ1) is 8.37. The molecule has 0 spiro atoms. The molecule has 1 fully saturated rings. The predicted molar refractivity (Wildman–Crippen MR) is 70.3 cm³/mol. The van der Waals surface area contributed by atoms with Crippen molar-refractivity contribution in [2.24, 2.45) is 5.92 Å². The molecule has 1 aliphatic rings. The second-order valence-electron chi connectivity index (χ2n) is 4.88. The molecule has 1 aromatic rings. The maximum Gasteiger partial charge on any atom is 0.246 e. The van der Waals surface area contributed by atoms with Crippen LogP contribution >= 0.6 is 11.6 Å². The van der Waals surface area contributed by atoms with Crippen LogP contribution in [0.4, 0.5) is 0 Å². The molecule has 0 amide bonds. The summed E-state index contributed by atoms with van der Waals surface area (Å²) in [4.78, 5) is 0.248. The third-order valence-electron chi connectivity index (χ3n) is 3.34. The normalized spacial score (nSPS) is 16.5. The van der Waals surface area contributed by atoms with Gasteiger partial charge < -0.3 is 4.42 Å². The van der Waals surface area contributed by atoms with Gasteiger partial charge in [0.15, 0.2) is 0 Å². The molecule has 0 aliphatic heterocycles. The van der Waals surface area contributed by atoms with E-state index >= 15 is 0 Å². The van der Waals surface area contributed by atoms with Gasteiger partial charge in [-0.15, -0.1) is 11.6 Å². The van der Waals surface area contributed by atoms with Gasteiger partial charge >= 0.3 is 0 Å². The van der Waals surface area contributed by atoms with E-state index in [0.29, 0.717) is 29.5 Å². The van der Waals surface area contributed by atoms with Gasteiger partial charge in [-0.3, -0.25) is 0 Å². The standard InChI is InChI=1S/C12H18ClNO3S/c1-8-11(6-13)12(9(2)17-8)18(15,16)14(3)7-10-4-5-10/h10H,4-7H2,1-3H3. The van der Waals surface area contributed by atoms with Gasteiger partial charge in [-0.1, -0.05) is 0 Å². The lowest BCUT2D eigenvalue weighted by Crippen LogP contribution is -2.29. The van der Waals surface area contributed by atoms with Crippen molar-refractivity contribution in [3.05, 3.63) is 17.1 Å². The summed E-state index contributed by atoms with van der Waals surface area (Å²) in [5.74, 6) is 1.67. The van der Waals surface area contributed by atoms with E-state index in [1.165, 1.54) is 4.31 Å². The number of hydrogen-bond donors (Lipinski definition) is 0. The van der Waals surface area contributed by atoms with E-state index in [1.807, 2.05) is 0 Å². The number of furan rings is 1. The van der Waals surface area contributed by atoms with Crippen molar-refractivity contribution in [1.82, 2.24) is 4.31 Å². The van der Waals surface area contributed by atoms with Crippen LogP contribution in [0.2, 0.25) is 0 Å². The van der Waals surface area contributed by atoms with Crippen molar-refractivity contribution in [2.75, 3.05) is 13.6 Å². The van der Waals surface area contributed by atoms with Crippen LogP contribution in [-0.4, -0.2) is 26.3 Å². The third kappa shape index (κ3) is 2.44. The number of nitrogens with zero attached hydrogens (tertiary/aromatic N) is 1. The summed E-state index contributed by atoms with van der Waals surface area (Å²) < 4.78 is 31.9. The maximum atomic E-state index is 12.5. The first-order valence-electron chi connectivity index (χ1n) is 5.99. The molecule has 0 N–H and O–H groups in total. The van der Waals surface area contributed by atoms with Crippen molar-refractivity contribution in [2.45, 2.75) is 37.5 Å². The van der Waals surface area contributed by atoms with Crippen LogP contribution in [0.15, 0.2) is 9.31 Å². The van der Waals surface area contributed by atoms with E-state index in [1.54, 1.807) is 20.9 Å². The molecule has 0 atom stereocenters. The Morgan fingerprint density at radius 3 is 2.44 bits per heavy atom. The SMILES string of the molecule is Cc1oc(C)c(S(=O)(=O)N(C)CC2CC2)c1CCl. The summed E-state index contributed by atoms with van der Waals surface area (Å²) >= 11 is 5.84. The molecule has 4 nitrogen and oxygen atoms in total. The summed E-state index contributed by atoms with van der Waals surface area (Å²) in [6.07, 6.45) is 2.23. The molecule has 0 aromatic carbocycles. The highest BCUT2D eigenvalue weighted by molar-refractivity contribution is 7.89. The van der Waals surface area contributed by atoms with Crippen molar-refractivity contribution in [3.8, 4) is 0 Å². The zero-order valence-electron chi connectivity index (χ0n) is 10.9. The van der Waals surface area contributed by atoms with E-state index in [2.05, 4.69) is 0 Å². The highest BCUT2D eigenvalue weighted by Crippen LogP contribution is 2.34. The second kappa shape index (κ2) is 4.87. The Morgan fingerprint density at radius 2 is 1.94 bits per heavy atom. The lowest BCUT2D eigenvalue weighted by atomic mass is 10.3. The minimum absolute atomic E-state index is 0.148. The smallest absolute Gasteiger partial charge is 0.246 e. The van der Waals surface area contributed by atoms with Crippen molar-refractivity contribution < 1.29 is 12.8 Å². The van der Waals surface area contributed by atoms with E-state index in [0.717, 1.165) is 12.8 Å². The van der Waals surface area contributed by atoms with E-state index in [4.69, 9.17) is 16.0 Å². The first-order valence-corrected chi connectivity index (χ1v) is 7.96. The average molecular weight is 292 g/mol. The molecule has 1 aromatic heterocycles. The number of sulfonamides is 1. The van der Waals surface area contributed by atoms with Crippen LogP contribution in [0.25, 0.3) is 0 Å². The fourth-order valence-corrected chi connectivity index (χ4v) is 4.17. The number of hydrogen-bond acceptors (Lipinski definition) is 3. The van der Waals surface area contributed by atoms with Gasteiger partial charge in [0.25, 0.3) is 0 Å². The fraction of sp³-hybridized carbons (Fsp3) is 0.667. The van der Waals surface area contributed by atoms with Gasteiger partial charge in [0.05, 0.1) is 5.88 Å². The molecule has 0 unspecified atom stereocenters. The van der Waals surface area contributed by atoms with Crippen LogP contribution in [0.3, 0.4) is 0 Å². The highest BCUT2D eigenvalue weighted by Gasteiger charge is 2.33. The summed E-state index contributed by atoms with van der Waals surface area (Å²) in [6.45, 7) is 3.99. The molecule has 1 heterocycles. The third-order valence-corrected chi connectivity index (χ3v) is 5.63. The van der Waals surface area contributed by atoms with Crippen molar-refractivity contribution >= 4 is 21.6 Å². The van der Waals surface area contributed by atoms with Crippen LogP contribution in [0.1, 0.15) is 29.9 Å². The quantitative estimate of drug-likeness (QED) is 0.784. The highest BCUT2D eigenvalue weighted by atomic mass is 35.5. The van der Waals surface area contributed by atoms with Crippen LogP contribution < -0.4 is 0 Å². The Hall–Kier alpha value is -0.520. The average Bonchev–Trinajstić information content (AvgIpc) is 3.03. The molecule has 0 saturated heterocycles. The molecule has 2 rings (SSSR count). The molecular weight excluding hydrogens is 274 g/mol. The minimum atomic E-state index is -3.49. The summed E-state index contributed by atoms with van der Waals surface area (Å²) in [5.41, 5.74) is 0.580. The van der Waals surface area contributed by atoms with Crippen LogP contribution in [0, 0.1) is 19.8 Å². The van der Waals surface area contributed by atoms with Gasteiger partial charge in [-0.2, -0.15) is 0 Å². The van der Waals surface area contributed by atoms with Gasteiger partial charge in [0, 0.05) is 19.2 Å². The van der Waals surface area contributed by atoms with E-state index < -0.39 is 10.0 Å². The van der Waals surface area contributed by atoms with Crippen molar-refractivity contribution in [3.63, 3.8) is 0 Å². The van der Waals surface area contributed by atoms with Gasteiger partial charge in [-0.25, -0.2) is 12.7 Å². The topological polar surface area (TPSA) is 50.5 Å². The molecule has 1 aliphatic carbocycles. The molecule has 102 valence electrons. The van der Waals surface area contributed by atoms with Gasteiger partial charge in [-0.05, 0) is 32.6 Å². The Morgan fingerprint density at radius 1 is 1.33 bits per heavy atom. The summed E-state index contributed by atoms with van der Waals surface area (Å²) in [6, 6.07) is 0. The fourth-order valence-electron chi connectivity index (χ4n) is 2.12. The Labute approximate surface area is 113 Å². The predicted octanol–water partition coefficient (Wildman–Crippen LogP) is 2.67. The molecule has 1 saturated carbocycles. The van der Waals surface area contributed by atoms with Crippen LogP contribution in [0.5, 0.6) is 0 Å². The Bertz CT molecular complexity index is 546. The number of aryl methyl sites for hydroxylation is 2. The van der Waals surface area contributed by atoms with Crippen LogP contribution in [-0.2, 0) is 15.9 Å². The largest absolute Gasteiger partial charge is 0.465 e. The Balaban J connectivity index is 2.39. The number of alkyl halides is 1. The first kappa shape index (κ1) is 13.9. The lowest BCUT2D eigenvalue weighted by molar-refractivity contribution is 0.448. The summed E-state index contributed by atoms with van der Waals surface area (Å²) in [7, 11) is -1.87. The number of rotatable bonds is 5. The molecule has 0 radical (unpaired) electrons. The molecular formula is C12H18ClNO3S. The zero-order chi connectivity index (χ0) is 13.5. The summed E-state index contributed by atoms with van der Waals surface area (Å²) in [5, 5.41) is 0. The molecule has 18 heavy (non-hydrogen) atoms. The van der Waals surface area contributed by atoms with Crippen molar-refractivity contribution in [1.29, 1.82) is 0 Å². The lowest BCUT2D eigenvalue weighted by Gasteiger charge is -2.17. The second-order valence-corrected chi connectivity index (χ2v) is 7.13. The monoisotopic (exact) mass is 291 g/mol. The minimum Gasteiger partial charge on any atom is -0.465 e.